The van der Waals surface area contributed by atoms with Crippen LogP contribution < -0.4 is 10.9 Å². The molecule has 0 aliphatic heterocycles. The number of nitrogens with one attached hydrogen (secondary N) is 2. The molecule has 0 radical (unpaired) electrons. The Bertz CT molecular complexity index is 1760. The van der Waals surface area contributed by atoms with Crippen molar-refractivity contribution in [2.75, 3.05) is 5.32 Å². The number of aryl methyl sites for hydroxylation is 1. The quantitative estimate of drug-likeness (QED) is 0.382. The Hall–Kier alpha value is -5.32. The molecule has 184 valence electrons. The summed E-state index contributed by atoms with van der Waals surface area (Å²) in [6.45, 7) is 0. The van der Waals surface area contributed by atoms with Gasteiger partial charge in [-0.2, -0.15) is 33.7 Å². The fraction of sp³-hybridized carbons (Fsp3) is 0.0870. The molecule has 5 rings (SSSR count). The molecular weight excluding hydrogens is 491 g/mol. The zero-order valence-corrected chi connectivity index (χ0v) is 18.8. The van der Waals surface area contributed by atoms with Crippen LogP contribution in [-0.2, 0) is 13.2 Å². The molecule has 0 unspecified atom stereocenters. The van der Waals surface area contributed by atoms with Crippen LogP contribution in [0.2, 0.25) is 0 Å². The first-order valence-corrected chi connectivity index (χ1v) is 10.5. The molecule has 11 nitrogen and oxygen atoms in total. The number of alkyl halides is 3. The second kappa shape index (κ2) is 8.72. The number of hydrogen-bond acceptors (Lipinski definition) is 7. The van der Waals surface area contributed by atoms with E-state index in [1.807, 2.05) is 6.07 Å². The van der Waals surface area contributed by atoms with Crippen molar-refractivity contribution in [3.63, 3.8) is 0 Å². The fourth-order valence-corrected chi connectivity index (χ4v) is 3.95. The highest BCUT2D eigenvalue weighted by atomic mass is 19.4. The van der Waals surface area contributed by atoms with Gasteiger partial charge in [-0.1, -0.05) is 12.1 Å². The third-order valence-electron chi connectivity index (χ3n) is 5.47. The first-order valence-electron chi connectivity index (χ1n) is 10.5. The third-order valence-corrected chi connectivity index (χ3v) is 5.47. The van der Waals surface area contributed by atoms with E-state index < -0.39 is 34.6 Å². The van der Waals surface area contributed by atoms with Crippen LogP contribution in [-0.4, -0.2) is 40.6 Å². The highest BCUT2D eigenvalue weighted by Gasteiger charge is 2.42. The van der Waals surface area contributed by atoms with E-state index in [0.717, 1.165) is 9.48 Å². The molecule has 0 aliphatic rings. The average Bonchev–Trinajstić information content (AvgIpc) is 3.52. The first kappa shape index (κ1) is 23.4. The molecule has 0 spiro atoms. The van der Waals surface area contributed by atoms with Crippen molar-refractivity contribution < 1.29 is 18.0 Å². The van der Waals surface area contributed by atoms with Gasteiger partial charge >= 0.3 is 6.18 Å². The van der Waals surface area contributed by atoms with Crippen LogP contribution in [0.3, 0.4) is 0 Å². The van der Waals surface area contributed by atoms with E-state index in [9.17, 15) is 28.0 Å². The minimum Gasteiger partial charge on any atom is -0.329 e. The topological polar surface area (TPSA) is 147 Å². The summed E-state index contributed by atoms with van der Waals surface area (Å²) in [6.07, 6.45) is 0.275. The normalized spacial score (nSPS) is 11.4. The zero-order valence-electron chi connectivity index (χ0n) is 18.8. The second-order valence-electron chi connectivity index (χ2n) is 7.75. The van der Waals surface area contributed by atoms with Crippen molar-refractivity contribution in [3.8, 4) is 23.1 Å². The smallest absolute Gasteiger partial charge is 0.329 e. The minimum atomic E-state index is -4.97. The summed E-state index contributed by atoms with van der Waals surface area (Å²) in [4.78, 5) is 32.9. The number of carbonyl (C=O) groups is 1. The van der Waals surface area contributed by atoms with Crippen molar-refractivity contribution in [1.29, 1.82) is 5.26 Å². The number of rotatable bonds is 4. The molecule has 37 heavy (non-hydrogen) atoms. The maximum Gasteiger partial charge on any atom is 0.420 e. The lowest BCUT2D eigenvalue weighted by atomic mass is 9.99. The fourth-order valence-electron chi connectivity index (χ4n) is 3.95. The van der Waals surface area contributed by atoms with E-state index >= 15 is 0 Å². The van der Waals surface area contributed by atoms with Crippen LogP contribution in [0.25, 0.3) is 27.8 Å². The average molecular weight is 505 g/mol. The molecule has 1 amide bonds. The Balaban J connectivity index is 1.60. The van der Waals surface area contributed by atoms with Gasteiger partial charge in [-0.3, -0.25) is 14.3 Å². The van der Waals surface area contributed by atoms with Gasteiger partial charge in [-0.05, 0) is 23.6 Å². The number of aromatic nitrogens is 7. The predicted octanol–water partition coefficient (Wildman–Crippen LogP) is 3.05. The number of carbonyl (C=O) groups excluding carboxylic acids is 1. The van der Waals surface area contributed by atoms with Crippen LogP contribution in [0.15, 0.2) is 59.9 Å². The first-order chi connectivity index (χ1) is 17.7. The van der Waals surface area contributed by atoms with E-state index in [-0.39, 0.29) is 33.4 Å². The largest absolute Gasteiger partial charge is 0.420 e. The summed E-state index contributed by atoms with van der Waals surface area (Å²) in [5.74, 6) is -1.04. The van der Waals surface area contributed by atoms with Gasteiger partial charge in [-0.25, -0.2) is 4.98 Å². The van der Waals surface area contributed by atoms with E-state index in [1.165, 1.54) is 62.2 Å². The molecule has 5 aromatic rings. The molecule has 0 saturated heterocycles. The van der Waals surface area contributed by atoms with Gasteiger partial charge in [0.1, 0.15) is 28.6 Å². The lowest BCUT2D eigenvalue weighted by Crippen LogP contribution is -2.21. The van der Waals surface area contributed by atoms with Crippen LogP contribution in [0.5, 0.6) is 0 Å². The number of anilines is 1. The Morgan fingerprint density at radius 2 is 1.92 bits per heavy atom. The van der Waals surface area contributed by atoms with Crippen LogP contribution in [0, 0.1) is 11.3 Å². The molecule has 0 saturated carbocycles. The molecule has 0 bridgehead atoms. The van der Waals surface area contributed by atoms with Gasteiger partial charge in [-0.15, -0.1) is 4.80 Å². The van der Waals surface area contributed by atoms with Crippen molar-refractivity contribution in [2.24, 2.45) is 7.05 Å². The van der Waals surface area contributed by atoms with Crippen LogP contribution in [0.1, 0.15) is 21.6 Å². The van der Waals surface area contributed by atoms with Gasteiger partial charge in [0.05, 0.1) is 24.3 Å². The van der Waals surface area contributed by atoms with Crippen molar-refractivity contribution >= 4 is 22.4 Å². The third kappa shape index (κ3) is 4.08. The van der Waals surface area contributed by atoms with Crippen LogP contribution >= 0.6 is 0 Å². The maximum absolute atomic E-state index is 14.3. The highest BCUT2D eigenvalue weighted by molar-refractivity contribution is 6.06. The number of hydrogen-bond donors (Lipinski definition) is 2. The lowest BCUT2D eigenvalue weighted by Gasteiger charge is -2.12. The molecule has 0 aliphatic carbocycles. The molecule has 0 fully saturated rings. The summed E-state index contributed by atoms with van der Waals surface area (Å²) in [5.41, 5.74) is -3.02. The summed E-state index contributed by atoms with van der Waals surface area (Å²) in [6, 6.07) is 8.90. The molecule has 2 N–H and O–H groups in total. The predicted molar refractivity (Wildman–Crippen MR) is 124 cm³/mol. The molecular formula is C23H14F3N9O2. The van der Waals surface area contributed by atoms with Crippen molar-refractivity contribution in [3.05, 3.63) is 82.3 Å². The number of H-pyrrole nitrogens is 1. The van der Waals surface area contributed by atoms with Gasteiger partial charge in [0.25, 0.3) is 11.5 Å². The molecule has 1 aromatic carbocycles. The van der Waals surface area contributed by atoms with Crippen molar-refractivity contribution in [2.45, 2.75) is 6.18 Å². The second-order valence-corrected chi connectivity index (χ2v) is 7.75. The highest BCUT2D eigenvalue weighted by Crippen LogP contribution is 2.41. The van der Waals surface area contributed by atoms with Gasteiger partial charge in [0, 0.05) is 24.2 Å². The Labute approximate surface area is 204 Å². The standard InChI is InChI=1S/C23H14F3N9O2/c1-34-19(22(37)32-13-9-12(10-27)20(29-11-13)35-30-7-8-31-35)17(23(24,25)26)18(33-34)15-3-2-4-16-14(15)5-6-28-21(16)36/h2-9,11H,1H3,(H,28,36)(H,32,37). The maximum atomic E-state index is 14.3. The minimum absolute atomic E-state index is 0.0169. The summed E-state index contributed by atoms with van der Waals surface area (Å²) in [5, 5.41) is 24.0. The Morgan fingerprint density at radius 1 is 1.16 bits per heavy atom. The SMILES string of the molecule is Cn1nc(-c2cccc3c(=O)[nH]ccc23)c(C(F)(F)F)c1C(=O)Nc1cnc(-n2nccn2)c(C#N)c1. The molecule has 0 atom stereocenters. The monoisotopic (exact) mass is 505 g/mol. The van der Waals surface area contributed by atoms with E-state index in [2.05, 4.69) is 30.6 Å². The summed E-state index contributed by atoms with van der Waals surface area (Å²) in [7, 11) is 1.21. The Morgan fingerprint density at radius 3 is 2.62 bits per heavy atom. The molecule has 14 heteroatoms. The number of pyridine rings is 2. The summed E-state index contributed by atoms with van der Waals surface area (Å²) < 4.78 is 43.8. The van der Waals surface area contributed by atoms with E-state index in [0.29, 0.717) is 0 Å². The van der Waals surface area contributed by atoms with Gasteiger partial charge in [0.2, 0.25) is 0 Å². The molecule has 4 aromatic heterocycles. The number of halogens is 3. The van der Waals surface area contributed by atoms with Gasteiger partial charge < -0.3 is 10.3 Å². The number of fused-ring (bicyclic) bond motifs is 1. The number of benzene rings is 1. The zero-order chi connectivity index (χ0) is 26.3. The van der Waals surface area contributed by atoms with E-state index in [1.54, 1.807) is 0 Å². The Kier molecular flexibility index (Phi) is 5.52. The number of nitriles is 1. The molecule has 4 heterocycles. The number of nitrogens with zero attached hydrogens (tertiary/aromatic N) is 7. The number of aromatic amines is 1. The lowest BCUT2D eigenvalue weighted by molar-refractivity contribution is -0.137. The van der Waals surface area contributed by atoms with Crippen LogP contribution in [0.4, 0.5) is 18.9 Å². The number of amides is 1. The van der Waals surface area contributed by atoms with E-state index in [4.69, 9.17) is 0 Å². The summed E-state index contributed by atoms with van der Waals surface area (Å²) >= 11 is 0. The van der Waals surface area contributed by atoms with Gasteiger partial charge in [0.15, 0.2) is 5.82 Å². The van der Waals surface area contributed by atoms with Crippen molar-refractivity contribution in [1.82, 2.24) is 34.7 Å².